The molecule has 29 heavy (non-hydrogen) atoms. The molecule has 0 saturated carbocycles. The molecule has 0 bridgehead atoms. The number of hydrogen-bond donors (Lipinski definition) is 1. The van der Waals surface area contributed by atoms with Crippen molar-refractivity contribution in [2.45, 2.75) is 16.7 Å². The molecule has 3 aromatic carbocycles. The van der Waals surface area contributed by atoms with Crippen LogP contribution in [0.25, 0.3) is 0 Å². The highest BCUT2D eigenvalue weighted by Gasteiger charge is 2.12. The molecule has 3 aromatic rings. The van der Waals surface area contributed by atoms with Crippen LogP contribution in [0, 0.1) is 6.92 Å². The number of hydrogen-bond acceptors (Lipinski definition) is 5. The molecule has 1 N–H and O–H groups in total. The van der Waals surface area contributed by atoms with Crippen LogP contribution in [-0.2, 0) is 14.3 Å². The molecule has 0 radical (unpaired) electrons. The van der Waals surface area contributed by atoms with Gasteiger partial charge in [-0.3, -0.25) is 4.79 Å². The monoisotopic (exact) mass is 407 g/mol. The van der Waals surface area contributed by atoms with Crippen LogP contribution >= 0.6 is 11.8 Å². The third-order valence-corrected chi connectivity index (χ3v) is 5.02. The molecule has 0 aliphatic carbocycles. The first-order valence-electron chi connectivity index (χ1n) is 9.07. The van der Waals surface area contributed by atoms with E-state index in [9.17, 15) is 9.59 Å². The van der Waals surface area contributed by atoms with Crippen molar-refractivity contribution < 1.29 is 19.1 Å². The van der Waals surface area contributed by atoms with Crippen molar-refractivity contribution in [2.75, 3.05) is 18.5 Å². The summed E-state index contributed by atoms with van der Waals surface area (Å²) in [7, 11) is 0. The van der Waals surface area contributed by atoms with Crippen LogP contribution in [0.5, 0.6) is 5.75 Å². The number of amides is 1. The van der Waals surface area contributed by atoms with Gasteiger partial charge in [0.2, 0.25) is 0 Å². The Bertz CT molecular complexity index is 975. The number of rotatable bonds is 8. The molecular formula is C23H21NO4S. The molecule has 0 atom stereocenters. The minimum absolute atomic E-state index is 0.251. The molecule has 6 heteroatoms. The van der Waals surface area contributed by atoms with Gasteiger partial charge in [0, 0.05) is 9.79 Å². The average Bonchev–Trinajstić information content (AvgIpc) is 2.74. The fourth-order valence-corrected chi connectivity index (χ4v) is 3.43. The van der Waals surface area contributed by atoms with Crippen molar-refractivity contribution in [2.24, 2.45) is 0 Å². The van der Waals surface area contributed by atoms with Crippen LogP contribution in [0.1, 0.15) is 5.56 Å². The quantitative estimate of drug-likeness (QED) is 0.548. The second-order valence-corrected chi connectivity index (χ2v) is 7.29. The second-order valence-electron chi connectivity index (χ2n) is 6.17. The zero-order valence-electron chi connectivity index (χ0n) is 16.0. The number of benzene rings is 3. The number of nitrogens with one attached hydrogen (secondary N) is 1. The number of esters is 1. The standard InChI is InChI=1S/C23H21NO4S/c1-17-9-5-7-13-20(17)27-16-23(26)28-15-22(25)24-19-12-6-8-14-21(19)29-18-10-3-2-4-11-18/h2-14H,15-16H2,1H3,(H,24,25). The fraction of sp³-hybridized carbons (Fsp3) is 0.130. The van der Waals surface area contributed by atoms with Gasteiger partial charge in [-0.25, -0.2) is 4.79 Å². The molecule has 0 spiro atoms. The SMILES string of the molecule is Cc1ccccc1OCC(=O)OCC(=O)Nc1ccccc1Sc1ccccc1. The van der Waals surface area contributed by atoms with E-state index in [4.69, 9.17) is 9.47 Å². The van der Waals surface area contributed by atoms with Crippen LogP contribution in [0.2, 0.25) is 0 Å². The zero-order chi connectivity index (χ0) is 20.5. The molecule has 5 nitrogen and oxygen atoms in total. The highest BCUT2D eigenvalue weighted by Crippen LogP contribution is 2.33. The third-order valence-electron chi connectivity index (χ3n) is 3.94. The summed E-state index contributed by atoms with van der Waals surface area (Å²) in [5, 5.41) is 2.79. The first-order valence-corrected chi connectivity index (χ1v) is 9.89. The van der Waals surface area contributed by atoms with E-state index in [0.29, 0.717) is 11.4 Å². The summed E-state index contributed by atoms with van der Waals surface area (Å²) in [5.41, 5.74) is 1.59. The maximum atomic E-state index is 12.2. The Morgan fingerprint density at radius 2 is 1.55 bits per heavy atom. The van der Waals surface area contributed by atoms with Crippen LogP contribution < -0.4 is 10.1 Å². The predicted molar refractivity (Wildman–Crippen MR) is 113 cm³/mol. The number of aryl methyl sites for hydroxylation is 1. The molecule has 0 aliphatic heterocycles. The Morgan fingerprint density at radius 3 is 2.34 bits per heavy atom. The highest BCUT2D eigenvalue weighted by atomic mass is 32.2. The van der Waals surface area contributed by atoms with Crippen molar-refractivity contribution in [3.63, 3.8) is 0 Å². The van der Waals surface area contributed by atoms with Gasteiger partial charge >= 0.3 is 5.97 Å². The molecule has 0 aromatic heterocycles. The lowest BCUT2D eigenvalue weighted by Gasteiger charge is -2.11. The normalized spacial score (nSPS) is 10.2. The number of carbonyl (C=O) groups is 2. The predicted octanol–water partition coefficient (Wildman–Crippen LogP) is 4.71. The Hall–Kier alpha value is -3.25. The van der Waals surface area contributed by atoms with E-state index >= 15 is 0 Å². The molecule has 0 heterocycles. The molecule has 0 fully saturated rings. The van der Waals surface area contributed by atoms with Gasteiger partial charge in [0.25, 0.3) is 5.91 Å². The van der Waals surface area contributed by atoms with Gasteiger partial charge in [0.15, 0.2) is 13.2 Å². The summed E-state index contributed by atoms with van der Waals surface area (Å²) in [6.07, 6.45) is 0. The van der Waals surface area contributed by atoms with Gasteiger partial charge in [-0.15, -0.1) is 0 Å². The van der Waals surface area contributed by atoms with Gasteiger partial charge in [-0.2, -0.15) is 0 Å². The van der Waals surface area contributed by atoms with E-state index in [1.165, 1.54) is 0 Å². The minimum Gasteiger partial charge on any atom is -0.482 e. The molecule has 1 amide bonds. The Kier molecular flexibility index (Phi) is 7.30. The summed E-state index contributed by atoms with van der Waals surface area (Å²) < 4.78 is 10.4. The van der Waals surface area contributed by atoms with E-state index in [1.54, 1.807) is 17.8 Å². The summed E-state index contributed by atoms with van der Waals surface area (Å²) in [6.45, 7) is 1.26. The number of ether oxygens (including phenoxy) is 2. The summed E-state index contributed by atoms with van der Waals surface area (Å²) in [4.78, 5) is 26.0. The number of anilines is 1. The smallest absolute Gasteiger partial charge is 0.344 e. The van der Waals surface area contributed by atoms with E-state index in [1.807, 2.05) is 79.7 Å². The topological polar surface area (TPSA) is 64.6 Å². The van der Waals surface area contributed by atoms with Gasteiger partial charge in [0.05, 0.1) is 5.69 Å². The zero-order valence-corrected chi connectivity index (χ0v) is 16.8. The Balaban J connectivity index is 1.49. The van der Waals surface area contributed by atoms with E-state index in [-0.39, 0.29) is 13.2 Å². The van der Waals surface area contributed by atoms with Gasteiger partial charge in [-0.1, -0.05) is 60.3 Å². The van der Waals surface area contributed by atoms with Crippen LogP contribution in [-0.4, -0.2) is 25.1 Å². The largest absolute Gasteiger partial charge is 0.482 e. The number of para-hydroxylation sites is 2. The highest BCUT2D eigenvalue weighted by molar-refractivity contribution is 7.99. The third kappa shape index (κ3) is 6.40. The molecule has 3 rings (SSSR count). The molecule has 0 unspecified atom stereocenters. The van der Waals surface area contributed by atoms with E-state index in [0.717, 1.165) is 15.4 Å². The van der Waals surface area contributed by atoms with Crippen molar-refractivity contribution in [3.05, 3.63) is 84.4 Å². The lowest BCUT2D eigenvalue weighted by Crippen LogP contribution is -2.24. The first kappa shape index (κ1) is 20.5. The average molecular weight is 407 g/mol. The van der Waals surface area contributed by atoms with Gasteiger partial charge in [-0.05, 0) is 42.8 Å². The second kappa shape index (κ2) is 10.3. The minimum atomic E-state index is -0.602. The fourth-order valence-electron chi connectivity index (χ4n) is 2.50. The van der Waals surface area contributed by atoms with Crippen molar-refractivity contribution in [3.8, 4) is 5.75 Å². The maximum absolute atomic E-state index is 12.2. The molecular weight excluding hydrogens is 386 g/mol. The van der Waals surface area contributed by atoms with Crippen molar-refractivity contribution in [1.29, 1.82) is 0 Å². The lowest BCUT2D eigenvalue weighted by molar-refractivity contribution is -0.149. The van der Waals surface area contributed by atoms with E-state index < -0.39 is 11.9 Å². The lowest BCUT2D eigenvalue weighted by atomic mass is 10.2. The van der Waals surface area contributed by atoms with Crippen LogP contribution in [0.3, 0.4) is 0 Å². The molecule has 0 aliphatic rings. The first-order chi connectivity index (χ1) is 14.1. The summed E-state index contributed by atoms with van der Waals surface area (Å²) >= 11 is 1.55. The van der Waals surface area contributed by atoms with Crippen molar-refractivity contribution in [1.82, 2.24) is 0 Å². The van der Waals surface area contributed by atoms with E-state index in [2.05, 4.69) is 5.32 Å². The van der Waals surface area contributed by atoms with Gasteiger partial charge in [0.1, 0.15) is 5.75 Å². The van der Waals surface area contributed by atoms with Crippen LogP contribution in [0.4, 0.5) is 5.69 Å². The summed E-state index contributed by atoms with van der Waals surface area (Å²) in [6, 6.07) is 24.7. The van der Waals surface area contributed by atoms with Gasteiger partial charge < -0.3 is 14.8 Å². The van der Waals surface area contributed by atoms with Crippen LogP contribution in [0.15, 0.2) is 88.7 Å². The maximum Gasteiger partial charge on any atom is 0.344 e. The summed E-state index contributed by atoms with van der Waals surface area (Å²) in [5.74, 6) is -0.397. The Morgan fingerprint density at radius 1 is 0.862 bits per heavy atom. The number of carbonyl (C=O) groups excluding carboxylic acids is 2. The van der Waals surface area contributed by atoms with Crippen molar-refractivity contribution >= 4 is 29.3 Å². The molecule has 148 valence electrons. The Labute approximate surface area is 174 Å². The molecule has 0 saturated heterocycles.